The minimum Gasteiger partial charge on any atom is -0.477 e. The van der Waals surface area contributed by atoms with Gasteiger partial charge in [-0.25, -0.2) is 9.89 Å². The summed E-state index contributed by atoms with van der Waals surface area (Å²) in [6.45, 7) is 9.72. The summed E-state index contributed by atoms with van der Waals surface area (Å²) in [5, 5.41) is 16.9. The Balaban J connectivity index is 1.79. The Morgan fingerprint density at radius 1 is 1.35 bits per heavy atom. The van der Waals surface area contributed by atoms with Crippen LogP contribution >= 0.6 is 0 Å². The molecular formula is C24H34N5O5+. The molecule has 2 amide bonds. The summed E-state index contributed by atoms with van der Waals surface area (Å²) in [6.07, 6.45) is 5.71. The van der Waals surface area contributed by atoms with Gasteiger partial charge < -0.3 is 20.1 Å². The number of nitrogens with zero attached hydrogens (tertiary/aromatic N) is 3. The molecular weight excluding hydrogens is 438 g/mol. The van der Waals surface area contributed by atoms with Crippen LogP contribution in [0.3, 0.4) is 0 Å². The molecule has 4 rings (SSSR count). The molecule has 184 valence electrons. The van der Waals surface area contributed by atoms with Gasteiger partial charge in [0.2, 0.25) is 11.5 Å². The van der Waals surface area contributed by atoms with Crippen LogP contribution < -0.4 is 15.4 Å². The number of ether oxygens (including phenoxy) is 1. The molecule has 1 atom stereocenters. The maximum absolute atomic E-state index is 13.2. The largest absolute Gasteiger partial charge is 0.477 e. The van der Waals surface area contributed by atoms with Crippen LogP contribution in [0, 0.1) is 12.8 Å². The highest BCUT2D eigenvalue weighted by atomic mass is 16.5. The smallest absolute Gasteiger partial charge is 0.378 e. The number of aromatic hydroxyl groups is 1. The van der Waals surface area contributed by atoms with Crippen molar-refractivity contribution in [2.24, 2.45) is 5.92 Å². The van der Waals surface area contributed by atoms with Gasteiger partial charge in [-0.1, -0.05) is 25.3 Å². The van der Waals surface area contributed by atoms with Crippen molar-refractivity contribution in [3.05, 3.63) is 33.3 Å². The topological polar surface area (TPSA) is 120 Å². The standard InChI is InChI=1S/C24H33N5O5/c1-5-17-13-34-11-10-27(17)19(30)9-8-18-15(4)26-29-22(18)28(12-14(2)3)23(32)20(24(29)33)21(31)25-16-6-7-16/h8-9,14,16-17H,5-7,10-13H2,1-4H3,(H2,25,31,32,33)/p+1/b9-8+/t17-/m0/s1. The third-order valence-electron chi connectivity index (χ3n) is 6.35. The molecule has 2 aromatic heterocycles. The van der Waals surface area contributed by atoms with Crippen LogP contribution in [0.5, 0.6) is 5.88 Å². The van der Waals surface area contributed by atoms with Crippen LogP contribution in [0.2, 0.25) is 0 Å². The molecule has 2 aliphatic rings. The third-order valence-corrected chi connectivity index (χ3v) is 6.35. The Morgan fingerprint density at radius 3 is 2.74 bits per heavy atom. The van der Waals surface area contributed by atoms with E-state index in [0.717, 1.165) is 19.3 Å². The van der Waals surface area contributed by atoms with Crippen molar-refractivity contribution < 1.29 is 24.0 Å². The summed E-state index contributed by atoms with van der Waals surface area (Å²) >= 11 is 0. The predicted octanol–water partition coefficient (Wildman–Crippen LogP) is 1.13. The van der Waals surface area contributed by atoms with Crippen LogP contribution in [0.4, 0.5) is 0 Å². The highest BCUT2D eigenvalue weighted by Gasteiger charge is 2.35. The van der Waals surface area contributed by atoms with Crippen LogP contribution in [-0.2, 0) is 16.1 Å². The van der Waals surface area contributed by atoms with Gasteiger partial charge in [0.1, 0.15) is 0 Å². The summed E-state index contributed by atoms with van der Waals surface area (Å²) in [4.78, 5) is 40.8. The summed E-state index contributed by atoms with van der Waals surface area (Å²) in [6, 6.07) is 0.0765. The first kappa shape index (κ1) is 24.0. The van der Waals surface area contributed by atoms with Crippen LogP contribution in [-0.4, -0.2) is 63.3 Å². The van der Waals surface area contributed by atoms with Gasteiger partial charge in [-0.15, -0.1) is 0 Å². The molecule has 10 heteroatoms. The SMILES string of the molecule is CC[C@H]1COCCN1C(=O)/C=C/c1c(C)[nH]n2c(=O)c(C(=O)NC3CC3)c(O)[n+](CC(C)C)c12. The maximum Gasteiger partial charge on any atom is 0.378 e. The number of carbonyl (C=O) groups excluding carboxylic acids is 2. The number of fused-ring (bicyclic) bond motifs is 1. The van der Waals surface area contributed by atoms with Crippen molar-refractivity contribution in [2.45, 2.75) is 65.6 Å². The Labute approximate surface area is 198 Å². The molecule has 3 heterocycles. The molecule has 0 aromatic carbocycles. The summed E-state index contributed by atoms with van der Waals surface area (Å²) in [5.74, 6) is -0.939. The highest BCUT2D eigenvalue weighted by Crippen LogP contribution is 2.22. The summed E-state index contributed by atoms with van der Waals surface area (Å²) in [7, 11) is 0. The lowest BCUT2D eigenvalue weighted by atomic mass is 10.1. The van der Waals surface area contributed by atoms with Gasteiger partial charge in [0, 0.05) is 18.7 Å². The number of rotatable bonds is 7. The normalized spacial score (nSPS) is 18.9. The lowest BCUT2D eigenvalue weighted by molar-refractivity contribution is -0.686. The monoisotopic (exact) mass is 472 g/mol. The molecule has 0 bridgehead atoms. The van der Waals surface area contributed by atoms with E-state index in [-0.39, 0.29) is 35.4 Å². The number of aromatic amines is 1. The molecule has 1 aliphatic carbocycles. The van der Waals surface area contributed by atoms with Gasteiger partial charge in [0.15, 0.2) is 0 Å². The van der Waals surface area contributed by atoms with Crippen molar-refractivity contribution in [1.29, 1.82) is 0 Å². The maximum atomic E-state index is 13.2. The van der Waals surface area contributed by atoms with Crippen LogP contribution in [0.1, 0.15) is 61.6 Å². The number of carbonyl (C=O) groups is 2. The molecule has 3 N–H and O–H groups in total. The quantitative estimate of drug-likeness (QED) is 0.412. The Morgan fingerprint density at radius 2 is 2.09 bits per heavy atom. The number of amides is 2. The van der Waals surface area contributed by atoms with Crippen LogP contribution in [0.15, 0.2) is 10.9 Å². The Bertz CT molecular complexity index is 1190. The van der Waals surface area contributed by atoms with Crippen molar-refractivity contribution in [2.75, 3.05) is 19.8 Å². The van der Waals surface area contributed by atoms with E-state index in [1.807, 2.05) is 20.8 Å². The highest BCUT2D eigenvalue weighted by molar-refractivity contribution is 5.96. The fourth-order valence-corrected chi connectivity index (χ4v) is 4.38. The second-order valence-corrected chi connectivity index (χ2v) is 9.57. The van der Waals surface area contributed by atoms with Gasteiger partial charge in [-0.2, -0.15) is 4.57 Å². The first-order valence-corrected chi connectivity index (χ1v) is 12.0. The van der Waals surface area contributed by atoms with Gasteiger partial charge in [0.25, 0.3) is 5.91 Å². The fraction of sp³-hybridized carbons (Fsp3) is 0.583. The molecule has 0 unspecified atom stereocenters. The average Bonchev–Trinajstić information content (AvgIpc) is 3.55. The molecule has 1 aliphatic heterocycles. The molecule has 10 nitrogen and oxygen atoms in total. The van der Waals surface area contributed by atoms with Crippen molar-refractivity contribution in [3.8, 4) is 5.88 Å². The summed E-state index contributed by atoms with van der Waals surface area (Å²) < 4.78 is 8.35. The van der Waals surface area contributed by atoms with E-state index < -0.39 is 11.5 Å². The van der Waals surface area contributed by atoms with E-state index in [9.17, 15) is 19.5 Å². The lowest BCUT2D eigenvalue weighted by Crippen LogP contribution is -2.47. The minimum absolute atomic E-state index is 0.0278. The molecule has 0 spiro atoms. The molecule has 2 aromatic rings. The second-order valence-electron chi connectivity index (χ2n) is 9.57. The van der Waals surface area contributed by atoms with E-state index in [4.69, 9.17) is 4.74 Å². The number of hydrogen-bond acceptors (Lipinski definition) is 5. The zero-order valence-electron chi connectivity index (χ0n) is 20.3. The predicted molar refractivity (Wildman–Crippen MR) is 126 cm³/mol. The molecule has 0 radical (unpaired) electrons. The zero-order valence-corrected chi connectivity index (χ0v) is 20.3. The number of aromatic nitrogens is 3. The van der Waals surface area contributed by atoms with Crippen molar-refractivity contribution in [1.82, 2.24) is 19.8 Å². The number of H-pyrrole nitrogens is 1. The lowest BCUT2D eigenvalue weighted by Gasteiger charge is -2.34. The number of nitrogens with one attached hydrogen (secondary N) is 2. The zero-order chi connectivity index (χ0) is 24.6. The Kier molecular flexibility index (Phi) is 6.79. The van der Waals surface area contributed by atoms with Gasteiger partial charge in [-0.3, -0.25) is 9.59 Å². The van der Waals surface area contributed by atoms with E-state index in [2.05, 4.69) is 10.4 Å². The molecule has 34 heavy (non-hydrogen) atoms. The summed E-state index contributed by atoms with van der Waals surface area (Å²) in [5.41, 5.74) is 0.759. The van der Waals surface area contributed by atoms with Gasteiger partial charge in [0.05, 0.1) is 37.1 Å². The van der Waals surface area contributed by atoms with E-state index in [1.165, 1.54) is 10.6 Å². The second kappa shape index (κ2) is 9.61. The number of aryl methyl sites for hydroxylation is 1. The molecule has 1 saturated heterocycles. The fourth-order valence-electron chi connectivity index (χ4n) is 4.38. The van der Waals surface area contributed by atoms with Crippen molar-refractivity contribution in [3.63, 3.8) is 0 Å². The molecule has 2 fully saturated rings. The van der Waals surface area contributed by atoms with Crippen molar-refractivity contribution >= 4 is 23.5 Å². The third kappa shape index (κ3) is 4.59. The average molecular weight is 473 g/mol. The first-order chi connectivity index (χ1) is 16.2. The van der Waals surface area contributed by atoms with E-state index >= 15 is 0 Å². The Hall–Kier alpha value is -3.14. The number of hydrogen-bond donors (Lipinski definition) is 3. The van der Waals surface area contributed by atoms with E-state index in [1.54, 1.807) is 22.5 Å². The van der Waals surface area contributed by atoms with Crippen LogP contribution in [0.25, 0.3) is 11.7 Å². The minimum atomic E-state index is -0.626. The van der Waals surface area contributed by atoms with E-state index in [0.29, 0.717) is 43.2 Å². The molecule has 1 saturated carbocycles. The number of morpholine rings is 1. The van der Waals surface area contributed by atoms with Gasteiger partial charge in [-0.05, 0) is 38.2 Å². The first-order valence-electron chi connectivity index (χ1n) is 12.0. The van der Waals surface area contributed by atoms with Gasteiger partial charge >= 0.3 is 17.1 Å².